The quantitative estimate of drug-likeness (QED) is 0.540. The van der Waals surface area contributed by atoms with Crippen LogP contribution in [0.4, 0.5) is 5.69 Å². The molecule has 20 heavy (non-hydrogen) atoms. The molecular formula is C13H10Br2N2O3. The lowest BCUT2D eigenvalue weighted by molar-refractivity contribution is -0.385. The zero-order valence-electron chi connectivity index (χ0n) is 10.7. The van der Waals surface area contributed by atoms with Gasteiger partial charge in [-0.15, -0.1) is 0 Å². The van der Waals surface area contributed by atoms with Crippen molar-refractivity contribution in [1.82, 2.24) is 4.98 Å². The Morgan fingerprint density at radius 3 is 2.30 bits per heavy atom. The van der Waals surface area contributed by atoms with Gasteiger partial charge in [0.15, 0.2) is 0 Å². The topological polar surface area (TPSA) is 65.3 Å². The molecule has 7 heteroatoms. The lowest BCUT2D eigenvalue weighted by Gasteiger charge is -2.10. The maximum absolute atomic E-state index is 10.6. The van der Waals surface area contributed by atoms with Crippen LogP contribution in [0.1, 0.15) is 11.1 Å². The minimum atomic E-state index is -0.504. The number of nitro groups is 1. The van der Waals surface area contributed by atoms with E-state index in [2.05, 4.69) is 36.8 Å². The lowest BCUT2D eigenvalue weighted by Crippen LogP contribution is -1.94. The number of ether oxygens (including phenoxy) is 1. The second kappa shape index (κ2) is 5.88. The molecule has 0 aliphatic rings. The van der Waals surface area contributed by atoms with Gasteiger partial charge in [0.2, 0.25) is 5.88 Å². The summed E-state index contributed by atoms with van der Waals surface area (Å²) in [4.78, 5) is 14.1. The van der Waals surface area contributed by atoms with Gasteiger partial charge in [-0.1, -0.05) is 15.9 Å². The highest BCUT2D eigenvalue weighted by atomic mass is 79.9. The van der Waals surface area contributed by atoms with Crippen LogP contribution in [0.15, 0.2) is 33.3 Å². The molecule has 0 N–H and O–H groups in total. The Kier molecular flexibility index (Phi) is 4.39. The molecule has 0 saturated carbocycles. The van der Waals surface area contributed by atoms with E-state index in [-0.39, 0.29) is 11.6 Å². The van der Waals surface area contributed by atoms with E-state index in [0.29, 0.717) is 10.2 Å². The van der Waals surface area contributed by atoms with Gasteiger partial charge in [0.05, 0.1) is 9.40 Å². The zero-order chi connectivity index (χ0) is 14.9. The fraction of sp³-hybridized carbons (Fsp3) is 0.154. The Morgan fingerprint density at radius 2 is 1.80 bits per heavy atom. The molecule has 0 amide bonds. The van der Waals surface area contributed by atoms with Crippen molar-refractivity contribution in [3.05, 3.63) is 54.6 Å². The number of benzene rings is 1. The van der Waals surface area contributed by atoms with Crippen molar-refractivity contribution in [3.63, 3.8) is 0 Å². The van der Waals surface area contributed by atoms with Crippen molar-refractivity contribution >= 4 is 37.5 Å². The van der Waals surface area contributed by atoms with Gasteiger partial charge in [-0.2, -0.15) is 0 Å². The Labute approximate surface area is 132 Å². The zero-order valence-corrected chi connectivity index (χ0v) is 13.9. The molecule has 0 bridgehead atoms. The summed E-state index contributed by atoms with van der Waals surface area (Å²) in [5.74, 6) is 0.918. The van der Waals surface area contributed by atoms with Crippen molar-refractivity contribution in [3.8, 4) is 11.6 Å². The third-order valence-electron chi connectivity index (χ3n) is 2.63. The van der Waals surface area contributed by atoms with Gasteiger partial charge in [0, 0.05) is 10.5 Å². The molecule has 0 aliphatic carbocycles. The third-order valence-corrected chi connectivity index (χ3v) is 4.45. The molecule has 2 rings (SSSR count). The fourth-order valence-electron chi connectivity index (χ4n) is 1.67. The van der Waals surface area contributed by atoms with Gasteiger partial charge in [0.25, 0.3) is 5.69 Å². The van der Waals surface area contributed by atoms with E-state index in [1.54, 1.807) is 0 Å². The Bertz CT molecular complexity index is 666. The summed E-state index contributed by atoms with van der Waals surface area (Å²) in [6.07, 6.45) is 1.17. The highest BCUT2D eigenvalue weighted by molar-refractivity contribution is 9.10. The average Bonchev–Trinajstić information content (AvgIpc) is 2.38. The van der Waals surface area contributed by atoms with E-state index >= 15 is 0 Å². The number of aryl methyl sites for hydroxylation is 2. The second-order valence-corrected chi connectivity index (χ2v) is 5.86. The van der Waals surface area contributed by atoms with Gasteiger partial charge in [-0.3, -0.25) is 10.1 Å². The van der Waals surface area contributed by atoms with Crippen LogP contribution in [0.3, 0.4) is 0 Å². The maximum atomic E-state index is 10.6. The Hall–Kier alpha value is -1.47. The van der Waals surface area contributed by atoms with Crippen LogP contribution in [0, 0.1) is 24.0 Å². The predicted molar refractivity (Wildman–Crippen MR) is 82.3 cm³/mol. The van der Waals surface area contributed by atoms with Crippen LogP contribution < -0.4 is 4.74 Å². The van der Waals surface area contributed by atoms with Crippen molar-refractivity contribution < 1.29 is 9.66 Å². The Morgan fingerprint density at radius 1 is 1.20 bits per heavy atom. The standard InChI is InChI=1S/C13H10Br2N2O3/c1-7-3-10(4-8(2)12(7)15)20-13-11(14)5-9(6-16-13)17(18)19/h3-6H,1-2H3. The predicted octanol–water partition coefficient (Wildman–Crippen LogP) is 4.92. The molecule has 0 spiro atoms. The highest BCUT2D eigenvalue weighted by Crippen LogP contribution is 2.33. The molecule has 1 aromatic heterocycles. The molecule has 5 nitrogen and oxygen atoms in total. The van der Waals surface area contributed by atoms with Crippen LogP contribution in [0.25, 0.3) is 0 Å². The largest absolute Gasteiger partial charge is 0.438 e. The average molecular weight is 402 g/mol. The van der Waals surface area contributed by atoms with E-state index < -0.39 is 4.92 Å². The second-order valence-electron chi connectivity index (χ2n) is 4.21. The first-order valence-corrected chi connectivity index (χ1v) is 7.21. The summed E-state index contributed by atoms with van der Waals surface area (Å²) >= 11 is 6.71. The first-order chi connectivity index (χ1) is 9.38. The smallest absolute Gasteiger partial charge is 0.288 e. The van der Waals surface area contributed by atoms with Crippen LogP contribution in [-0.4, -0.2) is 9.91 Å². The summed E-state index contributed by atoms with van der Waals surface area (Å²) in [5, 5.41) is 10.6. The third kappa shape index (κ3) is 3.16. The molecule has 0 aliphatic heterocycles. The normalized spacial score (nSPS) is 10.4. The number of rotatable bonds is 3. The van der Waals surface area contributed by atoms with Crippen molar-refractivity contribution in [2.75, 3.05) is 0 Å². The molecule has 0 fully saturated rings. The summed E-state index contributed by atoms with van der Waals surface area (Å²) < 4.78 is 7.12. The lowest BCUT2D eigenvalue weighted by atomic mass is 10.1. The van der Waals surface area contributed by atoms with Crippen LogP contribution in [0.5, 0.6) is 11.6 Å². The monoisotopic (exact) mass is 400 g/mol. The first kappa shape index (κ1) is 14.9. The minimum Gasteiger partial charge on any atom is -0.438 e. The fourth-order valence-corrected chi connectivity index (χ4v) is 2.31. The number of hydrogen-bond donors (Lipinski definition) is 0. The molecule has 1 aromatic carbocycles. The molecule has 0 radical (unpaired) electrons. The molecule has 0 atom stereocenters. The van der Waals surface area contributed by atoms with E-state index in [0.717, 1.165) is 15.6 Å². The molecule has 104 valence electrons. The summed E-state index contributed by atoms with van der Waals surface area (Å²) in [6.45, 7) is 3.92. The first-order valence-electron chi connectivity index (χ1n) is 5.63. The van der Waals surface area contributed by atoms with E-state index in [9.17, 15) is 10.1 Å². The molecule has 0 unspecified atom stereocenters. The summed E-state index contributed by atoms with van der Waals surface area (Å²) in [7, 11) is 0. The van der Waals surface area contributed by atoms with Gasteiger partial charge in [-0.25, -0.2) is 4.98 Å². The molecule has 0 saturated heterocycles. The molecule has 2 aromatic rings. The van der Waals surface area contributed by atoms with Crippen LogP contribution in [0.2, 0.25) is 0 Å². The number of aromatic nitrogens is 1. The summed E-state index contributed by atoms with van der Waals surface area (Å²) in [6, 6.07) is 5.10. The van der Waals surface area contributed by atoms with Crippen LogP contribution >= 0.6 is 31.9 Å². The minimum absolute atomic E-state index is 0.0904. The molecular weight excluding hydrogens is 392 g/mol. The number of halogens is 2. The highest BCUT2D eigenvalue weighted by Gasteiger charge is 2.13. The maximum Gasteiger partial charge on any atom is 0.288 e. The number of pyridine rings is 1. The number of hydrogen-bond acceptors (Lipinski definition) is 4. The van der Waals surface area contributed by atoms with E-state index in [1.165, 1.54) is 12.3 Å². The molecule has 1 heterocycles. The SMILES string of the molecule is Cc1cc(Oc2ncc([N+](=O)[O-])cc2Br)cc(C)c1Br. The van der Waals surface area contributed by atoms with Gasteiger partial charge < -0.3 is 4.74 Å². The van der Waals surface area contributed by atoms with E-state index in [4.69, 9.17) is 4.74 Å². The van der Waals surface area contributed by atoms with Gasteiger partial charge in [0.1, 0.15) is 11.9 Å². The van der Waals surface area contributed by atoms with Gasteiger partial charge >= 0.3 is 0 Å². The van der Waals surface area contributed by atoms with E-state index in [1.807, 2.05) is 26.0 Å². The van der Waals surface area contributed by atoms with Crippen LogP contribution in [-0.2, 0) is 0 Å². The summed E-state index contributed by atoms with van der Waals surface area (Å²) in [5.41, 5.74) is 1.99. The van der Waals surface area contributed by atoms with Crippen molar-refractivity contribution in [2.45, 2.75) is 13.8 Å². The van der Waals surface area contributed by atoms with Gasteiger partial charge in [-0.05, 0) is 53.0 Å². The van der Waals surface area contributed by atoms with Crippen molar-refractivity contribution in [1.29, 1.82) is 0 Å². The van der Waals surface area contributed by atoms with Crippen molar-refractivity contribution in [2.24, 2.45) is 0 Å². The Balaban J connectivity index is 2.33. The number of nitrogens with zero attached hydrogens (tertiary/aromatic N) is 2.